The van der Waals surface area contributed by atoms with Gasteiger partial charge >= 0.3 is 5.97 Å². The number of esters is 1. The maximum absolute atomic E-state index is 12.4. The summed E-state index contributed by atoms with van der Waals surface area (Å²) in [6, 6.07) is 14.0. The number of nitrogens with zero attached hydrogens (tertiary/aromatic N) is 2. The molecule has 0 aliphatic carbocycles. The van der Waals surface area contributed by atoms with E-state index in [1.165, 1.54) is 11.3 Å². The van der Waals surface area contributed by atoms with E-state index in [1.807, 2.05) is 12.1 Å². The molecule has 1 N–H and O–H groups in total. The molecule has 1 aromatic heterocycles. The van der Waals surface area contributed by atoms with Crippen LogP contribution in [0, 0.1) is 0 Å². The summed E-state index contributed by atoms with van der Waals surface area (Å²) in [4.78, 5) is 43.0. The summed E-state index contributed by atoms with van der Waals surface area (Å²) in [5.41, 5.74) is 2.36. The lowest BCUT2D eigenvalue weighted by molar-refractivity contribution is -0.119. The van der Waals surface area contributed by atoms with Crippen LogP contribution in [0.15, 0.2) is 53.9 Å². The Bertz CT molecular complexity index is 1180. The molecule has 1 aliphatic heterocycles. The number of hydrogen-bond acceptors (Lipinski definition) is 7. The molecule has 0 radical (unpaired) electrons. The molecule has 0 spiro atoms. The standard InChI is InChI=1S/C25H25N3O5S/c1-32-21-7-3-2-6-20(21)27-22(29)14-23-26-18(16-34-23)15-33-25(31)17-9-11-19(12-10-17)28-13-5-4-8-24(28)30/h2-3,6-7,9-12,16H,4-5,8,13-15H2,1H3,(H,27,29). The van der Waals surface area contributed by atoms with E-state index in [4.69, 9.17) is 9.47 Å². The summed E-state index contributed by atoms with van der Waals surface area (Å²) in [6.07, 6.45) is 2.56. The Morgan fingerprint density at radius 3 is 2.68 bits per heavy atom. The van der Waals surface area contributed by atoms with Crippen LogP contribution in [-0.2, 0) is 27.4 Å². The van der Waals surface area contributed by atoms with Crippen LogP contribution in [0.25, 0.3) is 0 Å². The molecule has 1 saturated heterocycles. The highest BCUT2D eigenvalue weighted by Crippen LogP contribution is 2.24. The highest BCUT2D eigenvalue weighted by atomic mass is 32.1. The molecule has 0 saturated carbocycles. The van der Waals surface area contributed by atoms with E-state index in [0.717, 1.165) is 18.5 Å². The number of carbonyl (C=O) groups excluding carboxylic acids is 3. The Labute approximate surface area is 201 Å². The molecule has 4 rings (SSSR count). The van der Waals surface area contributed by atoms with Crippen molar-refractivity contribution in [3.05, 3.63) is 70.2 Å². The Balaban J connectivity index is 1.28. The maximum Gasteiger partial charge on any atom is 0.338 e. The van der Waals surface area contributed by atoms with Crippen LogP contribution in [0.5, 0.6) is 5.75 Å². The van der Waals surface area contributed by atoms with Crippen LogP contribution in [0.4, 0.5) is 11.4 Å². The number of benzene rings is 2. The monoisotopic (exact) mass is 479 g/mol. The first-order chi connectivity index (χ1) is 16.5. The molecular formula is C25H25N3O5S. The summed E-state index contributed by atoms with van der Waals surface area (Å²) in [7, 11) is 1.55. The Hall–Kier alpha value is -3.72. The predicted molar refractivity (Wildman–Crippen MR) is 129 cm³/mol. The number of methoxy groups -OCH3 is 1. The van der Waals surface area contributed by atoms with Crippen LogP contribution in [0.1, 0.15) is 40.3 Å². The van der Waals surface area contributed by atoms with Crippen molar-refractivity contribution < 1.29 is 23.9 Å². The third kappa shape index (κ3) is 5.79. The van der Waals surface area contributed by atoms with Gasteiger partial charge < -0.3 is 19.7 Å². The van der Waals surface area contributed by atoms with E-state index in [0.29, 0.717) is 40.7 Å². The molecule has 0 atom stereocenters. The number of ether oxygens (including phenoxy) is 2. The molecule has 1 aliphatic rings. The third-order valence-corrected chi connectivity index (χ3v) is 6.28. The number of aromatic nitrogens is 1. The zero-order valence-corrected chi connectivity index (χ0v) is 19.6. The first-order valence-corrected chi connectivity index (χ1v) is 11.8. The third-order valence-electron chi connectivity index (χ3n) is 5.38. The lowest BCUT2D eigenvalue weighted by Crippen LogP contribution is -2.35. The summed E-state index contributed by atoms with van der Waals surface area (Å²) in [6.45, 7) is 0.710. The molecule has 2 heterocycles. The van der Waals surface area contributed by atoms with Crippen LogP contribution < -0.4 is 15.0 Å². The van der Waals surface area contributed by atoms with Crippen molar-refractivity contribution in [1.29, 1.82) is 0 Å². The number of para-hydroxylation sites is 2. The number of nitrogens with one attached hydrogen (secondary N) is 1. The van der Waals surface area contributed by atoms with Crippen LogP contribution in [0.3, 0.4) is 0 Å². The van der Waals surface area contributed by atoms with Gasteiger partial charge in [-0.2, -0.15) is 0 Å². The summed E-state index contributed by atoms with van der Waals surface area (Å²) >= 11 is 1.33. The SMILES string of the molecule is COc1ccccc1NC(=O)Cc1nc(COC(=O)c2ccc(N3CCCCC3=O)cc2)cs1. The summed E-state index contributed by atoms with van der Waals surface area (Å²) in [5.74, 6) is 0.00492. The van der Waals surface area contributed by atoms with E-state index in [1.54, 1.807) is 53.8 Å². The van der Waals surface area contributed by atoms with E-state index in [2.05, 4.69) is 10.3 Å². The largest absolute Gasteiger partial charge is 0.495 e. The van der Waals surface area contributed by atoms with E-state index in [9.17, 15) is 14.4 Å². The lowest BCUT2D eigenvalue weighted by atomic mass is 10.1. The van der Waals surface area contributed by atoms with Crippen molar-refractivity contribution in [3.8, 4) is 5.75 Å². The second-order valence-corrected chi connectivity index (χ2v) is 8.73. The van der Waals surface area contributed by atoms with Gasteiger partial charge in [-0.1, -0.05) is 12.1 Å². The fourth-order valence-electron chi connectivity index (χ4n) is 3.66. The normalized spacial score (nSPS) is 13.4. The molecule has 2 aromatic carbocycles. The molecule has 1 fully saturated rings. The second-order valence-electron chi connectivity index (χ2n) is 7.78. The number of carbonyl (C=O) groups is 3. The fourth-order valence-corrected chi connectivity index (χ4v) is 4.43. The van der Waals surface area contributed by atoms with Gasteiger partial charge in [-0.05, 0) is 49.2 Å². The van der Waals surface area contributed by atoms with Crippen LogP contribution in [-0.4, -0.2) is 36.4 Å². The number of anilines is 2. The highest BCUT2D eigenvalue weighted by Gasteiger charge is 2.20. The average Bonchev–Trinajstić information content (AvgIpc) is 3.30. The number of hydrogen-bond donors (Lipinski definition) is 1. The van der Waals surface area contributed by atoms with Gasteiger partial charge in [0.1, 0.15) is 17.4 Å². The first kappa shape index (κ1) is 23.4. The minimum absolute atomic E-state index is 0.00974. The molecule has 9 heteroatoms. The first-order valence-electron chi connectivity index (χ1n) is 11.0. The summed E-state index contributed by atoms with van der Waals surface area (Å²) in [5, 5.41) is 5.20. The van der Waals surface area contributed by atoms with Gasteiger partial charge in [0, 0.05) is 24.0 Å². The second kappa shape index (κ2) is 10.9. The molecule has 0 unspecified atom stereocenters. The Morgan fingerprint density at radius 2 is 1.91 bits per heavy atom. The molecule has 8 nitrogen and oxygen atoms in total. The minimum atomic E-state index is -0.472. The quantitative estimate of drug-likeness (QED) is 0.486. The molecule has 3 aromatic rings. The van der Waals surface area contributed by atoms with Crippen LogP contribution >= 0.6 is 11.3 Å². The van der Waals surface area contributed by atoms with Gasteiger partial charge in [0.05, 0.1) is 30.5 Å². The van der Waals surface area contributed by atoms with Crippen molar-refractivity contribution in [2.24, 2.45) is 0 Å². The van der Waals surface area contributed by atoms with Gasteiger partial charge in [-0.15, -0.1) is 11.3 Å². The van der Waals surface area contributed by atoms with Crippen molar-refractivity contribution in [2.75, 3.05) is 23.9 Å². The van der Waals surface area contributed by atoms with Gasteiger partial charge in [0.25, 0.3) is 0 Å². The average molecular weight is 480 g/mol. The number of amides is 2. The van der Waals surface area contributed by atoms with Crippen molar-refractivity contribution in [1.82, 2.24) is 4.98 Å². The van der Waals surface area contributed by atoms with Gasteiger partial charge in [0.2, 0.25) is 11.8 Å². The van der Waals surface area contributed by atoms with Gasteiger partial charge in [0.15, 0.2) is 0 Å². The Kier molecular flexibility index (Phi) is 7.54. The zero-order chi connectivity index (χ0) is 23.9. The topological polar surface area (TPSA) is 97.8 Å². The highest BCUT2D eigenvalue weighted by molar-refractivity contribution is 7.09. The molecule has 2 amide bonds. The van der Waals surface area contributed by atoms with Gasteiger partial charge in [-0.25, -0.2) is 9.78 Å². The molecule has 176 valence electrons. The van der Waals surface area contributed by atoms with Crippen molar-refractivity contribution in [2.45, 2.75) is 32.3 Å². The molecular weight excluding hydrogens is 454 g/mol. The van der Waals surface area contributed by atoms with E-state index >= 15 is 0 Å². The zero-order valence-electron chi connectivity index (χ0n) is 18.8. The number of piperidine rings is 1. The van der Waals surface area contributed by atoms with Crippen LogP contribution in [0.2, 0.25) is 0 Å². The number of thiazole rings is 1. The lowest BCUT2D eigenvalue weighted by Gasteiger charge is -2.26. The summed E-state index contributed by atoms with van der Waals surface area (Å²) < 4.78 is 10.6. The molecule has 34 heavy (non-hydrogen) atoms. The van der Waals surface area contributed by atoms with E-state index < -0.39 is 5.97 Å². The van der Waals surface area contributed by atoms with E-state index in [-0.39, 0.29) is 24.8 Å². The smallest absolute Gasteiger partial charge is 0.338 e. The fraction of sp³-hybridized carbons (Fsp3) is 0.280. The minimum Gasteiger partial charge on any atom is -0.495 e. The van der Waals surface area contributed by atoms with Gasteiger partial charge in [-0.3, -0.25) is 9.59 Å². The predicted octanol–water partition coefficient (Wildman–Crippen LogP) is 4.21. The Morgan fingerprint density at radius 1 is 1.12 bits per heavy atom. The maximum atomic E-state index is 12.4. The van der Waals surface area contributed by atoms with Crippen molar-refractivity contribution >= 4 is 40.5 Å². The number of rotatable bonds is 8. The molecule has 0 bridgehead atoms. The van der Waals surface area contributed by atoms with Crippen molar-refractivity contribution in [3.63, 3.8) is 0 Å².